The van der Waals surface area contributed by atoms with Gasteiger partial charge in [-0.3, -0.25) is 4.79 Å². The molecule has 0 saturated heterocycles. The van der Waals surface area contributed by atoms with Crippen LogP contribution < -0.4 is 5.32 Å². The number of amides is 1. The van der Waals surface area contributed by atoms with Gasteiger partial charge >= 0.3 is 0 Å². The summed E-state index contributed by atoms with van der Waals surface area (Å²) in [6.07, 6.45) is 3.81. The number of rotatable bonds is 8. The summed E-state index contributed by atoms with van der Waals surface area (Å²) in [5, 5.41) is 8.20. The zero-order valence-corrected chi connectivity index (χ0v) is 18.9. The van der Waals surface area contributed by atoms with Gasteiger partial charge in [0.2, 0.25) is 0 Å². The highest BCUT2D eigenvalue weighted by Crippen LogP contribution is 2.43. The zero-order valence-electron chi connectivity index (χ0n) is 16.6. The molecule has 1 fully saturated rings. The summed E-state index contributed by atoms with van der Waals surface area (Å²) in [5.74, 6) is -0.0596. The molecule has 0 atom stereocenters. The van der Waals surface area contributed by atoms with Crippen LogP contribution >= 0.6 is 23.2 Å². The van der Waals surface area contributed by atoms with E-state index in [-0.39, 0.29) is 24.1 Å². The fourth-order valence-electron chi connectivity index (χ4n) is 3.43. The van der Waals surface area contributed by atoms with E-state index in [2.05, 4.69) is 10.4 Å². The number of aromatic nitrogens is 2. The largest absolute Gasteiger partial charge is 0.352 e. The van der Waals surface area contributed by atoms with Gasteiger partial charge in [0.05, 0.1) is 38.8 Å². The average Bonchev–Trinajstić information content (AvgIpc) is 3.50. The molecule has 1 aliphatic carbocycles. The SMILES string of the molecule is O=C(NCCCS(=O)(=O)c1ccccc1)c1cnn(-c2ccc(Cl)cc2Cl)c1C1CC1. The fourth-order valence-corrected chi connectivity index (χ4v) is 5.25. The van der Waals surface area contributed by atoms with Crippen molar-refractivity contribution in [2.45, 2.75) is 30.1 Å². The summed E-state index contributed by atoms with van der Waals surface area (Å²) in [5.41, 5.74) is 1.97. The second-order valence-corrected chi connectivity index (χ2v) is 10.4. The standard InChI is InChI=1S/C22H21Cl2N3O3S/c23-16-9-10-20(19(24)13-16)27-21(15-7-8-15)18(14-26-27)22(28)25-11-4-12-31(29,30)17-5-2-1-3-6-17/h1-3,5-6,9-10,13-15H,4,7-8,11-12H2,(H,25,28). The van der Waals surface area contributed by atoms with E-state index < -0.39 is 9.84 Å². The third-order valence-electron chi connectivity index (χ3n) is 5.13. The third kappa shape index (κ3) is 4.95. The Balaban J connectivity index is 1.44. The number of nitrogens with zero attached hydrogens (tertiary/aromatic N) is 2. The van der Waals surface area contributed by atoms with E-state index in [0.717, 1.165) is 18.5 Å². The molecule has 9 heteroatoms. The summed E-state index contributed by atoms with van der Waals surface area (Å²) in [6, 6.07) is 13.5. The second kappa shape index (κ2) is 9.02. The molecule has 4 rings (SSSR count). The van der Waals surface area contributed by atoms with Crippen molar-refractivity contribution in [1.82, 2.24) is 15.1 Å². The molecule has 1 amide bonds. The van der Waals surface area contributed by atoms with Crippen LogP contribution in [-0.4, -0.2) is 36.4 Å². The molecule has 0 unspecified atom stereocenters. The van der Waals surface area contributed by atoms with Gasteiger partial charge in [-0.2, -0.15) is 5.10 Å². The second-order valence-electron chi connectivity index (χ2n) is 7.47. The van der Waals surface area contributed by atoms with Gasteiger partial charge in [-0.15, -0.1) is 0 Å². The van der Waals surface area contributed by atoms with Crippen LogP contribution in [-0.2, 0) is 9.84 Å². The first kappa shape index (κ1) is 21.9. The van der Waals surface area contributed by atoms with Gasteiger partial charge < -0.3 is 5.32 Å². The molecule has 162 valence electrons. The minimum atomic E-state index is -3.37. The molecule has 1 saturated carbocycles. The molecule has 0 spiro atoms. The lowest BCUT2D eigenvalue weighted by atomic mass is 10.1. The highest BCUT2D eigenvalue weighted by Gasteiger charge is 2.33. The maximum absolute atomic E-state index is 12.8. The van der Waals surface area contributed by atoms with Gasteiger partial charge in [0.25, 0.3) is 5.91 Å². The molecule has 2 aromatic carbocycles. The topological polar surface area (TPSA) is 81.1 Å². The summed E-state index contributed by atoms with van der Waals surface area (Å²) >= 11 is 12.3. The van der Waals surface area contributed by atoms with E-state index in [9.17, 15) is 13.2 Å². The van der Waals surface area contributed by atoms with Crippen molar-refractivity contribution in [3.05, 3.63) is 76.0 Å². The van der Waals surface area contributed by atoms with Crippen molar-refractivity contribution >= 4 is 38.9 Å². The third-order valence-corrected chi connectivity index (χ3v) is 7.49. The summed E-state index contributed by atoms with van der Waals surface area (Å²) in [4.78, 5) is 13.1. The minimum Gasteiger partial charge on any atom is -0.352 e. The molecular weight excluding hydrogens is 457 g/mol. The van der Waals surface area contributed by atoms with Crippen LogP contribution in [0.25, 0.3) is 5.69 Å². The first-order valence-electron chi connectivity index (χ1n) is 9.96. The minimum absolute atomic E-state index is 0.0353. The van der Waals surface area contributed by atoms with E-state index in [4.69, 9.17) is 23.2 Å². The lowest BCUT2D eigenvalue weighted by Crippen LogP contribution is -2.26. The average molecular weight is 478 g/mol. The number of carbonyl (C=O) groups excluding carboxylic acids is 1. The van der Waals surface area contributed by atoms with Crippen molar-refractivity contribution in [2.24, 2.45) is 0 Å². The Morgan fingerprint density at radius 3 is 2.55 bits per heavy atom. The van der Waals surface area contributed by atoms with Crippen LogP contribution in [0.15, 0.2) is 59.6 Å². The first-order valence-corrected chi connectivity index (χ1v) is 12.4. The van der Waals surface area contributed by atoms with Gasteiger partial charge in [-0.25, -0.2) is 13.1 Å². The van der Waals surface area contributed by atoms with Crippen LogP contribution in [0.5, 0.6) is 0 Å². The number of sulfone groups is 1. The van der Waals surface area contributed by atoms with Crippen molar-refractivity contribution < 1.29 is 13.2 Å². The monoisotopic (exact) mass is 477 g/mol. The highest BCUT2D eigenvalue weighted by atomic mass is 35.5. The lowest BCUT2D eigenvalue weighted by Gasteiger charge is -2.11. The van der Waals surface area contributed by atoms with Crippen molar-refractivity contribution in [1.29, 1.82) is 0 Å². The van der Waals surface area contributed by atoms with E-state index in [1.54, 1.807) is 53.2 Å². The molecule has 1 heterocycles. The quantitative estimate of drug-likeness (QED) is 0.478. The van der Waals surface area contributed by atoms with Crippen LogP contribution in [0.1, 0.15) is 41.2 Å². The molecule has 3 aromatic rings. The van der Waals surface area contributed by atoms with E-state index >= 15 is 0 Å². The van der Waals surface area contributed by atoms with Crippen molar-refractivity contribution in [2.75, 3.05) is 12.3 Å². The summed E-state index contributed by atoms with van der Waals surface area (Å²) < 4.78 is 26.4. The predicted molar refractivity (Wildman–Crippen MR) is 121 cm³/mol. The Morgan fingerprint density at radius 1 is 1.13 bits per heavy atom. The van der Waals surface area contributed by atoms with Crippen molar-refractivity contribution in [3.8, 4) is 5.69 Å². The van der Waals surface area contributed by atoms with Gasteiger partial charge in [-0.05, 0) is 49.6 Å². The Labute approximate surface area is 191 Å². The molecule has 0 bridgehead atoms. The molecule has 1 aliphatic rings. The number of hydrogen-bond donors (Lipinski definition) is 1. The lowest BCUT2D eigenvalue weighted by molar-refractivity contribution is 0.0952. The Kier molecular flexibility index (Phi) is 6.36. The highest BCUT2D eigenvalue weighted by molar-refractivity contribution is 7.91. The Hall–Kier alpha value is -2.35. The Bertz CT molecular complexity index is 1210. The van der Waals surface area contributed by atoms with E-state index in [0.29, 0.717) is 32.6 Å². The molecule has 1 aromatic heterocycles. The summed E-state index contributed by atoms with van der Waals surface area (Å²) in [6.45, 7) is 0.252. The molecule has 0 aliphatic heterocycles. The van der Waals surface area contributed by atoms with Gasteiger partial charge in [-0.1, -0.05) is 41.4 Å². The number of benzene rings is 2. The zero-order chi connectivity index (χ0) is 22.0. The first-order chi connectivity index (χ1) is 14.9. The number of nitrogens with one attached hydrogen (secondary N) is 1. The van der Waals surface area contributed by atoms with Crippen LogP contribution in [0.4, 0.5) is 0 Å². The molecule has 1 N–H and O–H groups in total. The number of carbonyl (C=O) groups is 1. The molecule has 31 heavy (non-hydrogen) atoms. The number of hydrogen-bond acceptors (Lipinski definition) is 4. The van der Waals surface area contributed by atoms with Crippen LogP contribution in [0.3, 0.4) is 0 Å². The van der Waals surface area contributed by atoms with Crippen LogP contribution in [0.2, 0.25) is 10.0 Å². The maximum atomic E-state index is 12.8. The molecule has 6 nitrogen and oxygen atoms in total. The number of halogens is 2. The normalized spacial score (nSPS) is 13.9. The summed E-state index contributed by atoms with van der Waals surface area (Å²) in [7, 11) is -3.37. The van der Waals surface area contributed by atoms with Gasteiger partial charge in [0.1, 0.15) is 0 Å². The predicted octanol–water partition coefficient (Wildman–Crippen LogP) is 4.65. The maximum Gasteiger partial charge on any atom is 0.254 e. The molecular formula is C22H21Cl2N3O3S. The molecule has 0 radical (unpaired) electrons. The van der Waals surface area contributed by atoms with E-state index in [1.807, 2.05) is 0 Å². The van der Waals surface area contributed by atoms with Gasteiger partial charge in [0.15, 0.2) is 9.84 Å². The van der Waals surface area contributed by atoms with E-state index in [1.165, 1.54) is 6.20 Å². The smallest absolute Gasteiger partial charge is 0.254 e. The van der Waals surface area contributed by atoms with Crippen LogP contribution in [0, 0.1) is 0 Å². The fraction of sp³-hybridized carbons (Fsp3) is 0.273. The Morgan fingerprint density at radius 2 is 1.87 bits per heavy atom. The van der Waals surface area contributed by atoms with Gasteiger partial charge in [0, 0.05) is 17.5 Å². The van der Waals surface area contributed by atoms with Crippen molar-refractivity contribution in [3.63, 3.8) is 0 Å².